The summed E-state index contributed by atoms with van der Waals surface area (Å²) in [7, 11) is -1.66. The first-order valence-electron chi connectivity index (χ1n) is 12.7. The number of hydrogen-bond donors (Lipinski definition) is 2. The van der Waals surface area contributed by atoms with Gasteiger partial charge in [-0.1, -0.05) is 38.1 Å². The van der Waals surface area contributed by atoms with Gasteiger partial charge in [0.25, 0.3) is 11.8 Å². The molecule has 38 heavy (non-hydrogen) atoms. The van der Waals surface area contributed by atoms with E-state index in [0.717, 1.165) is 15.7 Å². The molecular weight excluding hydrogens is 510 g/mol. The molecule has 0 aromatic heterocycles. The summed E-state index contributed by atoms with van der Waals surface area (Å²) in [6.07, 6.45) is 0.589. The van der Waals surface area contributed by atoms with Crippen molar-refractivity contribution in [3.8, 4) is 0 Å². The Labute approximate surface area is 221 Å². The summed E-state index contributed by atoms with van der Waals surface area (Å²) in [5.74, 6) is -2.57. The third-order valence-electron chi connectivity index (χ3n) is 7.29. The Hall–Kier alpha value is -3.31. The Morgan fingerprint density at radius 2 is 1.66 bits per heavy atom. The lowest BCUT2D eigenvalue weighted by atomic mass is 10.00. The largest absolute Gasteiger partial charge is 0.480 e. The minimum Gasteiger partial charge on any atom is -0.480 e. The fourth-order valence-corrected chi connectivity index (χ4v) is 6.95. The lowest BCUT2D eigenvalue weighted by molar-refractivity contribution is -0.141. The number of carbonyl (C=O) groups is 4. The molecule has 0 saturated carbocycles. The SMILES string of the molecule is CC(C)C[C@H](N[C@H](CCN1C(=O)c2cc3ccccc3cc2C1=O)C(=O)O)C(=O)N(C)C1CCS(=O)(=O)C1. The third-order valence-corrected chi connectivity index (χ3v) is 9.04. The van der Waals surface area contributed by atoms with Crippen LogP contribution >= 0.6 is 0 Å². The molecule has 11 heteroatoms. The molecule has 3 amide bonds. The minimum absolute atomic E-state index is 0.0190. The van der Waals surface area contributed by atoms with Crippen LogP contribution in [0.5, 0.6) is 0 Å². The standard InChI is InChI=1S/C27H33N3O7S/c1-16(2)12-23(26(33)29(3)19-9-11-38(36,37)15-19)28-22(27(34)35)8-10-30-24(31)20-13-17-6-4-5-7-18(17)14-21(20)25(30)32/h4-7,13-14,16,19,22-23,28H,8-12,15H2,1-3H3,(H,34,35)/t19?,22-,23+/m1/s1. The third kappa shape index (κ3) is 5.73. The van der Waals surface area contributed by atoms with Crippen molar-refractivity contribution in [2.75, 3.05) is 25.1 Å². The molecule has 0 aliphatic carbocycles. The van der Waals surface area contributed by atoms with Crippen molar-refractivity contribution in [2.45, 2.75) is 51.2 Å². The van der Waals surface area contributed by atoms with E-state index in [4.69, 9.17) is 0 Å². The molecule has 0 bridgehead atoms. The van der Waals surface area contributed by atoms with Gasteiger partial charge in [0.05, 0.1) is 28.7 Å². The maximum atomic E-state index is 13.3. The first-order chi connectivity index (χ1) is 17.9. The second-order valence-corrected chi connectivity index (χ2v) is 12.8. The van der Waals surface area contributed by atoms with Crippen molar-refractivity contribution in [1.82, 2.24) is 15.1 Å². The van der Waals surface area contributed by atoms with Crippen molar-refractivity contribution < 1.29 is 32.7 Å². The van der Waals surface area contributed by atoms with Gasteiger partial charge in [-0.15, -0.1) is 0 Å². The van der Waals surface area contributed by atoms with Crippen LogP contribution in [0.15, 0.2) is 36.4 Å². The first kappa shape index (κ1) is 27.7. The highest BCUT2D eigenvalue weighted by Crippen LogP contribution is 2.28. The summed E-state index contributed by atoms with van der Waals surface area (Å²) in [4.78, 5) is 54.0. The molecule has 1 unspecified atom stereocenters. The summed E-state index contributed by atoms with van der Waals surface area (Å²) < 4.78 is 23.8. The predicted molar refractivity (Wildman–Crippen MR) is 142 cm³/mol. The van der Waals surface area contributed by atoms with Gasteiger partial charge in [-0.05, 0) is 48.1 Å². The molecule has 2 aromatic carbocycles. The molecule has 1 saturated heterocycles. The van der Waals surface area contributed by atoms with E-state index in [9.17, 15) is 32.7 Å². The summed E-state index contributed by atoms with van der Waals surface area (Å²) in [6.45, 7) is 3.67. The monoisotopic (exact) mass is 543 g/mol. The van der Waals surface area contributed by atoms with E-state index >= 15 is 0 Å². The number of carbonyl (C=O) groups excluding carboxylic acids is 3. The lowest BCUT2D eigenvalue weighted by Crippen LogP contribution is -2.54. The van der Waals surface area contributed by atoms with E-state index in [-0.39, 0.29) is 47.4 Å². The van der Waals surface area contributed by atoms with Crippen LogP contribution in [-0.2, 0) is 19.4 Å². The van der Waals surface area contributed by atoms with Gasteiger partial charge in [0.1, 0.15) is 6.04 Å². The van der Waals surface area contributed by atoms with E-state index in [1.54, 1.807) is 19.2 Å². The fraction of sp³-hybridized carbons (Fsp3) is 0.481. The van der Waals surface area contributed by atoms with E-state index in [0.29, 0.717) is 12.8 Å². The molecule has 4 rings (SSSR count). The van der Waals surface area contributed by atoms with E-state index < -0.39 is 45.7 Å². The number of carboxylic acid groups (broad SMARTS) is 1. The van der Waals surface area contributed by atoms with Crippen LogP contribution in [0.25, 0.3) is 10.8 Å². The molecule has 10 nitrogen and oxygen atoms in total. The Balaban J connectivity index is 1.47. The normalized spacial score (nSPS) is 20.1. The number of likely N-dealkylation sites (N-methyl/N-ethyl adjacent to an activating group) is 1. The zero-order chi connectivity index (χ0) is 27.8. The van der Waals surface area contributed by atoms with Crippen molar-refractivity contribution in [3.05, 3.63) is 47.5 Å². The maximum Gasteiger partial charge on any atom is 0.320 e. The molecule has 204 valence electrons. The van der Waals surface area contributed by atoms with E-state index in [1.807, 2.05) is 38.1 Å². The van der Waals surface area contributed by atoms with Crippen LogP contribution in [0.3, 0.4) is 0 Å². The molecule has 2 aliphatic rings. The Bertz CT molecular complexity index is 1330. The molecule has 2 heterocycles. The smallest absolute Gasteiger partial charge is 0.320 e. The number of sulfone groups is 1. The molecular formula is C27H33N3O7S. The van der Waals surface area contributed by atoms with Crippen LogP contribution in [-0.4, -0.2) is 90.2 Å². The predicted octanol–water partition coefficient (Wildman–Crippen LogP) is 1.93. The zero-order valence-electron chi connectivity index (χ0n) is 21.7. The summed E-state index contributed by atoms with van der Waals surface area (Å²) in [5, 5.41) is 14.5. The van der Waals surface area contributed by atoms with Gasteiger partial charge in [0.15, 0.2) is 9.84 Å². The topological polar surface area (TPSA) is 141 Å². The van der Waals surface area contributed by atoms with Gasteiger partial charge in [0, 0.05) is 19.6 Å². The highest BCUT2D eigenvalue weighted by Gasteiger charge is 2.39. The second-order valence-electron chi connectivity index (χ2n) is 10.5. The number of rotatable bonds is 10. The van der Waals surface area contributed by atoms with Gasteiger partial charge >= 0.3 is 5.97 Å². The molecule has 0 radical (unpaired) electrons. The summed E-state index contributed by atoms with van der Waals surface area (Å²) >= 11 is 0. The Morgan fingerprint density at radius 3 is 2.13 bits per heavy atom. The van der Waals surface area contributed by atoms with Gasteiger partial charge in [-0.25, -0.2) is 8.42 Å². The number of benzene rings is 2. The van der Waals surface area contributed by atoms with Crippen molar-refractivity contribution in [1.29, 1.82) is 0 Å². The number of fused-ring (bicyclic) bond motifs is 2. The number of amides is 3. The first-order valence-corrected chi connectivity index (χ1v) is 14.5. The van der Waals surface area contributed by atoms with E-state index in [1.165, 1.54) is 4.90 Å². The number of hydrogen-bond acceptors (Lipinski definition) is 7. The molecule has 1 fully saturated rings. The maximum absolute atomic E-state index is 13.3. The number of carboxylic acids is 1. The van der Waals surface area contributed by atoms with Crippen LogP contribution in [0.4, 0.5) is 0 Å². The second kappa shape index (κ2) is 10.8. The number of nitrogens with zero attached hydrogens (tertiary/aromatic N) is 2. The van der Waals surface area contributed by atoms with Gasteiger partial charge in [-0.3, -0.25) is 29.4 Å². The summed E-state index contributed by atoms with van der Waals surface area (Å²) in [6, 6.07) is 8.21. The van der Waals surface area contributed by atoms with E-state index in [2.05, 4.69) is 5.32 Å². The van der Waals surface area contributed by atoms with Crippen molar-refractivity contribution >= 4 is 44.3 Å². The van der Waals surface area contributed by atoms with Gasteiger partial charge in [0.2, 0.25) is 5.91 Å². The average Bonchev–Trinajstić information content (AvgIpc) is 3.34. The van der Waals surface area contributed by atoms with Crippen molar-refractivity contribution in [3.63, 3.8) is 0 Å². The molecule has 3 atom stereocenters. The van der Waals surface area contributed by atoms with Crippen LogP contribution < -0.4 is 5.32 Å². The molecule has 2 aliphatic heterocycles. The number of aliphatic carboxylic acids is 1. The Kier molecular flexibility index (Phi) is 7.89. The highest BCUT2D eigenvalue weighted by atomic mass is 32.2. The van der Waals surface area contributed by atoms with Crippen LogP contribution in [0.2, 0.25) is 0 Å². The van der Waals surface area contributed by atoms with Crippen molar-refractivity contribution in [2.24, 2.45) is 5.92 Å². The molecule has 2 aromatic rings. The lowest BCUT2D eigenvalue weighted by Gasteiger charge is -2.31. The van der Waals surface area contributed by atoms with Crippen LogP contribution in [0.1, 0.15) is 53.8 Å². The molecule has 2 N–H and O–H groups in total. The van der Waals surface area contributed by atoms with Crippen LogP contribution in [0, 0.1) is 5.92 Å². The quantitative estimate of drug-likeness (QED) is 0.433. The zero-order valence-corrected chi connectivity index (χ0v) is 22.5. The molecule has 0 spiro atoms. The van der Waals surface area contributed by atoms with Gasteiger partial charge in [-0.2, -0.15) is 0 Å². The fourth-order valence-electron chi connectivity index (χ4n) is 5.18. The average molecular weight is 544 g/mol. The minimum atomic E-state index is -3.20. The number of imide groups is 1. The number of nitrogens with one attached hydrogen (secondary N) is 1. The summed E-state index contributed by atoms with van der Waals surface area (Å²) in [5.41, 5.74) is 0.573. The highest BCUT2D eigenvalue weighted by molar-refractivity contribution is 7.91. The van der Waals surface area contributed by atoms with Gasteiger partial charge < -0.3 is 10.0 Å². The Morgan fingerprint density at radius 1 is 1.08 bits per heavy atom.